The number of nitrogens with zero attached hydrogens (tertiary/aromatic N) is 1. The second kappa shape index (κ2) is 7.09. The number of para-hydroxylation sites is 1. The molecule has 1 aromatic heterocycles. The van der Waals surface area contributed by atoms with Crippen molar-refractivity contribution in [3.05, 3.63) is 77.7 Å². The summed E-state index contributed by atoms with van der Waals surface area (Å²) < 4.78 is 12.9. The number of carbonyl (C=O) groups excluding carboxylic acids is 1. The van der Waals surface area contributed by atoms with Crippen LogP contribution in [0.2, 0.25) is 0 Å². The van der Waals surface area contributed by atoms with Crippen molar-refractivity contribution in [3.63, 3.8) is 0 Å². The number of amides is 1. The first-order valence-corrected chi connectivity index (χ1v) is 7.67. The lowest BCUT2D eigenvalue weighted by atomic mass is 10.1. The van der Waals surface area contributed by atoms with Gasteiger partial charge in [0.1, 0.15) is 11.9 Å². The average Bonchev–Trinajstić information content (AvgIpc) is 2.61. The van der Waals surface area contributed by atoms with Crippen LogP contribution in [0.15, 0.2) is 60.7 Å². The SMILES string of the molecule is O=C(N[C@H](Cc1ccc2ccccc2n1)C(=O)O)c1ccc(F)cc1. The van der Waals surface area contributed by atoms with Crippen molar-refractivity contribution in [1.82, 2.24) is 10.3 Å². The number of rotatable bonds is 5. The number of carboxylic acids is 1. The molecule has 0 saturated heterocycles. The number of carbonyl (C=O) groups is 2. The third-order valence-electron chi connectivity index (χ3n) is 3.78. The number of hydrogen-bond donors (Lipinski definition) is 2. The minimum Gasteiger partial charge on any atom is -0.480 e. The van der Waals surface area contributed by atoms with Gasteiger partial charge in [0.05, 0.1) is 5.52 Å². The quantitative estimate of drug-likeness (QED) is 0.750. The van der Waals surface area contributed by atoms with Crippen molar-refractivity contribution in [3.8, 4) is 0 Å². The van der Waals surface area contributed by atoms with E-state index >= 15 is 0 Å². The molecule has 0 unspecified atom stereocenters. The molecule has 0 spiro atoms. The van der Waals surface area contributed by atoms with E-state index in [-0.39, 0.29) is 12.0 Å². The number of hydrogen-bond acceptors (Lipinski definition) is 3. The average molecular weight is 338 g/mol. The predicted molar refractivity (Wildman–Crippen MR) is 90.7 cm³/mol. The van der Waals surface area contributed by atoms with Gasteiger partial charge in [0.25, 0.3) is 5.91 Å². The van der Waals surface area contributed by atoms with Crippen LogP contribution >= 0.6 is 0 Å². The van der Waals surface area contributed by atoms with Crippen LogP contribution in [0.1, 0.15) is 16.1 Å². The van der Waals surface area contributed by atoms with E-state index in [1.807, 2.05) is 30.3 Å². The summed E-state index contributed by atoms with van der Waals surface area (Å²) in [5.41, 5.74) is 1.51. The van der Waals surface area contributed by atoms with Gasteiger partial charge in [0.2, 0.25) is 0 Å². The fourth-order valence-electron chi connectivity index (χ4n) is 2.47. The summed E-state index contributed by atoms with van der Waals surface area (Å²) in [6, 6.07) is 14.9. The standard InChI is InChI=1S/C19H15FN2O3/c20-14-8-5-13(6-9-14)18(23)22-17(19(24)25)11-15-10-7-12-3-1-2-4-16(12)21-15/h1-10,17H,11H2,(H,22,23)(H,24,25)/t17-/m1/s1. The number of pyridine rings is 1. The molecule has 0 saturated carbocycles. The van der Waals surface area contributed by atoms with Crippen LogP contribution in [-0.4, -0.2) is 28.0 Å². The van der Waals surface area contributed by atoms with Crippen molar-refractivity contribution in [1.29, 1.82) is 0 Å². The molecule has 3 rings (SSSR count). The fourth-order valence-corrected chi connectivity index (χ4v) is 2.47. The van der Waals surface area contributed by atoms with E-state index in [4.69, 9.17) is 0 Å². The van der Waals surface area contributed by atoms with Gasteiger partial charge in [-0.3, -0.25) is 9.78 Å². The molecule has 0 bridgehead atoms. The second-order valence-electron chi connectivity index (χ2n) is 5.57. The van der Waals surface area contributed by atoms with Crippen molar-refractivity contribution in [2.75, 3.05) is 0 Å². The van der Waals surface area contributed by atoms with Crippen molar-refractivity contribution >= 4 is 22.8 Å². The molecular formula is C19H15FN2O3. The van der Waals surface area contributed by atoms with Gasteiger partial charge in [-0.05, 0) is 36.4 Å². The molecular weight excluding hydrogens is 323 g/mol. The van der Waals surface area contributed by atoms with Crippen LogP contribution in [0.5, 0.6) is 0 Å². The van der Waals surface area contributed by atoms with Gasteiger partial charge in [-0.25, -0.2) is 9.18 Å². The summed E-state index contributed by atoms with van der Waals surface area (Å²) in [5.74, 6) is -2.20. The monoisotopic (exact) mass is 338 g/mol. The van der Waals surface area contributed by atoms with Crippen LogP contribution < -0.4 is 5.32 Å². The number of halogens is 1. The third kappa shape index (κ3) is 3.98. The highest BCUT2D eigenvalue weighted by Crippen LogP contribution is 2.13. The molecule has 0 radical (unpaired) electrons. The number of carboxylic acid groups (broad SMARTS) is 1. The Balaban J connectivity index is 1.77. The van der Waals surface area contributed by atoms with Crippen LogP contribution in [0.4, 0.5) is 4.39 Å². The van der Waals surface area contributed by atoms with Crippen LogP contribution in [-0.2, 0) is 11.2 Å². The number of benzene rings is 2. The number of nitrogens with one attached hydrogen (secondary N) is 1. The first-order valence-electron chi connectivity index (χ1n) is 7.67. The maximum Gasteiger partial charge on any atom is 0.326 e. The molecule has 126 valence electrons. The lowest BCUT2D eigenvalue weighted by molar-refractivity contribution is -0.139. The van der Waals surface area contributed by atoms with Gasteiger partial charge < -0.3 is 10.4 Å². The molecule has 2 aromatic carbocycles. The highest BCUT2D eigenvalue weighted by atomic mass is 19.1. The summed E-state index contributed by atoms with van der Waals surface area (Å²) in [4.78, 5) is 28.1. The van der Waals surface area contributed by atoms with Crippen LogP contribution in [0, 0.1) is 5.82 Å². The molecule has 0 aliphatic heterocycles. The smallest absolute Gasteiger partial charge is 0.326 e. The number of aliphatic carboxylic acids is 1. The molecule has 5 nitrogen and oxygen atoms in total. The Bertz CT molecular complexity index is 925. The van der Waals surface area contributed by atoms with E-state index in [1.165, 1.54) is 12.1 Å². The van der Waals surface area contributed by atoms with Gasteiger partial charge in [-0.15, -0.1) is 0 Å². The molecule has 25 heavy (non-hydrogen) atoms. The molecule has 0 fully saturated rings. The Morgan fingerprint density at radius 3 is 2.48 bits per heavy atom. The van der Waals surface area contributed by atoms with E-state index in [0.717, 1.165) is 23.0 Å². The van der Waals surface area contributed by atoms with Crippen molar-refractivity contribution < 1.29 is 19.1 Å². The first kappa shape index (κ1) is 16.6. The van der Waals surface area contributed by atoms with Crippen LogP contribution in [0.3, 0.4) is 0 Å². The molecule has 1 heterocycles. The maximum absolute atomic E-state index is 12.9. The largest absolute Gasteiger partial charge is 0.480 e. The minimum absolute atomic E-state index is 0.0487. The summed E-state index contributed by atoms with van der Waals surface area (Å²) in [6.07, 6.45) is 0.0487. The molecule has 0 aliphatic carbocycles. The van der Waals surface area contributed by atoms with Crippen molar-refractivity contribution in [2.24, 2.45) is 0 Å². The van der Waals surface area contributed by atoms with E-state index in [0.29, 0.717) is 5.69 Å². The summed E-state index contributed by atoms with van der Waals surface area (Å²) >= 11 is 0. The van der Waals surface area contributed by atoms with Crippen molar-refractivity contribution in [2.45, 2.75) is 12.5 Å². The Labute approximate surface area is 143 Å². The molecule has 0 aliphatic rings. The molecule has 2 N–H and O–H groups in total. The highest BCUT2D eigenvalue weighted by molar-refractivity contribution is 5.96. The lowest BCUT2D eigenvalue weighted by Crippen LogP contribution is -2.42. The van der Waals surface area contributed by atoms with Gasteiger partial charge in [-0.2, -0.15) is 0 Å². The number of aromatic nitrogens is 1. The van der Waals surface area contributed by atoms with E-state index in [9.17, 15) is 19.1 Å². The van der Waals surface area contributed by atoms with Gasteiger partial charge >= 0.3 is 5.97 Å². The zero-order chi connectivity index (χ0) is 17.8. The topological polar surface area (TPSA) is 79.3 Å². The fraction of sp³-hybridized carbons (Fsp3) is 0.105. The first-order chi connectivity index (χ1) is 12.0. The second-order valence-corrected chi connectivity index (χ2v) is 5.57. The van der Waals surface area contributed by atoms with E-state index in [2.05, 4.69) is 10.3 Å². The van der Waals surface area contributed by atoms with Gasteiger partial charge in [0.15, 0.2) is 0 Å². The predicted octanol–water partition coefficient (Wildman–Crippen LogP) is 2.80. The lowest BCUT2D eigenvalue weighted by Gasteiger charge is -2.14. The normalized spacial score (nSPS) is 11.9. The molecule has 1 amide bonds. The zero-order valence-corrected chi connectivity index (χ0v) is 13.1. The summed E-state index contributed by atoms with van der Waals surface area (Å²) in [5, 5.41) is 12.8. The third-order valence-corrected chi connectivity index (χ3v) is 3.78. The Hall–Kier alpha value is -3.28. The maximum atomic E-state index is 12.9. The molecule has 6 heteroatoms. The summed E-state index contributed by atoms with van der Waals surface area (Å²) in [7, 11) is 0. The molecule has 1 atom stereocenters. The minimum atomic E-state index is -1.16. The Morgan fingerprint density at radius 2 is 1.76 bits per heavy atom. The highest BCUT2D eigenvalue weighted by Gasteiger charge is 2.22. The number of fused-ring (bicyclic) bond motifs is 1. The Kier molecular flexibility index (Phi) is 4.70. The van der Waals surface area contributed by atoms with E-state index in [1.54, 1.807) is 6.07 Å². The Morgan fingerprint density at radius 1 is 1.04 bits per heavy atom. The van der Waals surface area contributed by atoms with Crippen LogP contribution in [0.25, 0.3) is 10.9 Å². The summed E-state index contributed by atoms with van der Waals surface area (Å²) in [6.45, 7) is 0. The van der Waals surface area contributed by atoms with Gasteiger partial charge in [-0.1, -0.05) is 24.3 Å². The van der Waals surface area contributed by atoms with E-state index < -0.39 is 23.7 Å². The molecule has 3 aromatic rings. The zero-order valence-electron chi connectivity index (χ0n) is 13.1. The van der Waals surface area contributed by atoms with Gasteiger partial charge in [0, 0.05) is 23.1 Å².